The van der Waals surface area contributed by atoms with Gasteiger partial charge in [-0.05, 0) is 34.1 Å². The van der Waals surface area contributed by atoms with Crippen molar-refractivity contribution in [2.24, 2.45) is 7.05 Å². The van der Waals surface area contributed by atoms with Gasteiger partial charge in [-0.1, -0.05) is 0 Å². The average Bonchev–Trinajstić information content (AvgIpc) is 2.76. The standard InChI is InChI=1S/C14H29N3O3Si/c1-6-18-21(19-7-2,20-8-3)11-9-10-15-14-12-16-13(4)17(14)5/h12,15H,6-11H2,1-5H3. The van der Waals surface area contributed by atoms with E-state index in [4.69, 9.17) is 13.3 Å². The highest BCUT2D eigenvalue weighted by Crippen LogP contribution is 2.18. The molecule has 0 amide bonds. The van der Waals surface area contributed by atoms with Crippen molar-refractivity contribution in [3.8, 4) is 0 Å². The summed E-state index contributed by atoms with van der Waals surface area (Å²) in [5.74, 6) is 2.03. The summed E-state index contributed by atoms with van der Waals surface area (Å²) in [6.45, 7) is 10.7. The minimum Gasteiger partial charge on any atom is -0.374 e. The molecule has 0 unspecified atom stereocenters. The van der Waals surface area contributed by atoms with E-state index in [0.29, 0.717) is 19.8 Å². The molecule has 0 radical (unpaired) electrons. The Morgan fingerprint density at radius 3 is 2.14 bits per heavy atom. The third-order valence-corrected chi connectivity index (χ3v) is 6.43. The largest absolute Gasteiger partial charge is 0.500 e. The fourth-order valence-electron chi connectivity index (χ4n) is 2.19. The molecule has 0 aliphatic carbocycles. The normalized spacial score (nSPS) is 11.9. The Bertz CT molecular complexity index is 395. The van der Waals surface area contributed by atoms with Crippen LogP contribution < -0.4 is 5.32 Å². The molecule has 0 aliphatic rings. The molecule has 0 saturated carbocycles. The lowest BCUT2D eigenvalue weighted by Crippen LogP contribution is -2.46. The van der Waals surface area contributed by atoms with Gasteiger partial charge in [-0.15, -0.1) is 0 Å². The van der Waals surface area contributed by atoms with E-state index in [2.05, 4.69) is 10.3 Å². The molecule has 7 heteroatoms. The highest BCUT2D eigenvalue weighted by Gasteiger charge is 2.39. The zero-order valence-electron chi connectivity index (χ0n) is 13.9. The lowest BCUT2D eigenvalue weighted by atomic mass is 10.5. The molecule has 0 atom stereocenters. The third kappa shape index (κ3) is 5.42. The summed E-state index contributed by atoms with van der Waals surface area (Å²) >= 11 is 0. The zero-order valence-corrected chi connectivity index (χ0v) is 14.9. The molecule has 122 valence electrons. The van der Waals surface area contributed by atoms with Crippen molar-refractivity contribution in [3.63, 3.8) is 0 Å². The number of hydrogen-bond donors (Lipinski definition) is 1. The minimum atomic E-state index is -2.50. The van der Waals surface area contributed by atoms with Crippen molar-refractivity contribution >= 4 is 14.6 Å². The van der Waals surface area contributed by atoms with Crippen molar-refractivity contribution in [2.45, 2.75) is 40.2 Å². The molecule has 0 spiro atoms. The molecule has 0 aromatic carbocycles. The van der Waals surface area contributed by atoms with Gasteiger partial charge in [0, 0.05) is 39.5 Å². The van der Waals surface area contributed by atoms with Crippen LogP contribution in [0.2, 0.25) is 6.04 Å². The summed E-state index contributed by atoms with van der Waals surface area (Å²) in [4.78, 5) is 4.27. The predicted molar refractivity (Wildman–Crippen MR) is 86.5 cm³/mol. The van der Waals surface area contributed by atoms with Crippen molar-refractivity contribution in [3.05, 3.63) is 12.0 Å². The van der Waals surface area contributed by atoms with Crippen LogP contribution in [0.4, 0.5) is 5.82 Å². The first-order valence-electron chi connectivity index (χ1n) is 7.72. The van der Waals surface area contributed by atoms with E-state index in [0.717, 1.165) is 30.7 Å². The second-order valence-electron chi connectivity index (χ2n) is 4.76. The lowest BCUT2D eigenvalue weighted by molar-refractivity contribution is 0.0710. The van der Waals surface area contributed by atoms with Crippen molar-refractivity contribution in [2.75, 3.05) is 31.7 Å². The second-order valence-corrected chi connectivity index (χ2v) is 7.49. The molecular formula is C14H29N3O3Si. The van der Waals surface area contributed by atoms with Crippen LogP contribution in [0.1, 0.15) is 33.0 Å². The van der Waals surface area contributed by atoms with E-state index in [9.17, 15) is 0 Å². The summed E-state index contributed by atoms with van der Waals surface area (Å²) < 4.78 is 19.6. The number of aryl methyl sites for hydroxylation is 1. The number of rotatable bonds is 11. The minimum absolute atomic E-state index is 0.626. The molecular weight excluding hydrogens is 286 g/mol. The zero-order chi connectivity index (χ0) is 15.7. The predicted octanol–water partition coefficient (Wildman–Crippen LogP) is 2.58. The van der Waals surface area contributed by atoms with Crippen LogP contribution in [-0.2, 0) is 20.3 Å². The summed E-state index contributed by atoms with van der Waals surface area (Å²) in [5, 5.41) is 3.39. The third-order valence-electron chi connectivity index (χ3n) is 3.28. The number of anilines is 1. The number of hydrogen-bond acceptors (Lipinski definition) is 5. The first kappa shape index (κ1) is 18.2. The van der Waals surface area contributed by atoms with Gasteiger partial charge < -0.3 is 23.2 Å². The molecule has 1 N–H and O–H groups in total. The van der Waals surface area contributed by atoms with Gasteiger partial charge in [-0.3, -0.25) is 0 Å². The smallest absolute Gasteiger partial charge is 0.374 e. The van der Waals surface area contributed by atoms with Gasteiger partial charge in [-0.2, -0.15) is 0 Å². The van der Waals surface area contributed by atoms with E-state index in [1.165, 1.54) is 0 Å². The van der Waals surface area contributed by atoms with Crippen molar-refractivity contribution < 1.29 is 13.3 Å². The molecule has 0 aliphatic heterocycles. The molecule has 1 aromatic heterocycles. The van der Waals surface area contributed by atoms with E-state index in [1.54, 1.807) is 0 Å². The number of imidazole rings is 1. The molecule has 0 saturated heterocycles. The Kier molecular flexibility index (Phi) is 7.95. The topological polar surface area (TPSA) is 57.5 Å². The van der Waals surface area contributed by atoms with Gasteiger partial charge in [0.1, 0.15) is 11.6 Å². The van der Waals surface area contributed by atoms with Gasteiger partial charge >= 0.3 is 8.80 Å². The van der Waals surface area contributed by atoms with Crippen molar-refractivity contribution in [1.82, 2.24) is 9.55 Å². The molecule has 0 fully saturated rings. The first-order valence-corrected chi connectivity index (χ1v) is 9.65. The van der Waals surface area contributed by atoms with Crippen LogP contribution in [0.3, 0.4) is 0 Å². The Morgan fingerprint density at radius 1 is 1.14 bits per heavy atom. The van der Waals surface area contributed by atoms with Gasteiger partial charge in [0.05, 0.1) is 6.20 Å². The van der Waals surface area contributed by atoms with Gasteiger partial charge in [0.2, 0.25) is 0 Å². The lowest BCUT2D eigenvalue weighted by Gasteiger charge is -2.28. The Labute approximate surface area is 129 Å². The monoisotopic (exact) mass is 315 g/mol. The molecule has 1 rings (SSSR count). The Morgan fingerprint density at radius 2 is 1.71 bits per heavy atom. The molecule has 0 bridgehead atoms. The van der Waals surface area contributed by atoms with Gasteiger partial charge in [0.15, 0.2) is 0 Å². The number of nitrogens with one attached hydrogen (secondary N) is 1. The molecule has 1 aromatic rings. The fraction of sp³-hybridized carbons (Fsp3) is 0.786. The Hall–Kier alpha value is -0.893. The van der Waals surface area contributed by atoms with Gasteiger partial charge in [-0.25, -0.2) is 4.98 Å². The maximum absolute atomic E-state index is 5.84. The Balaban J connectivity index is 2.47. The molecule has 1 heterocycles. The van der Waals surface area contributed by atoms with E-state index < -0.39 is 8.80 Å². The fourth-order valence-corrected chi connectivity index (χ4v) is 4.80. The van der Waals surface area contributed by atoms with Crippen LogP contribution >= 0.6 is 0 Å². The van der Waals surface area contributed by atoms with Crippen LogP contribution in [0.15, 0.2) is 6.20 Å². The average molecular weight is 315 g/mol. The van der Waals surface area contributed by atoms with Crippen molar-refractivity contribution in [1.29, 1.82) is 0 Å². The summed E-state index contributed by atoms with van der Waals surface area (Å²) in [5.41, 5.74) is 0. The van der Waals surface area contributed by atoms with E-state index in [-0.39, 0.29) is 0 Å². The molecule has 21 heavy (non-hydrogen) atoms. The van der Waals surface area contributed by atoms with Crippen LogP contribution in [0, 0.1) is 6.92 Å². The maximum atomic E-state index is 5.84. The maximum Gasteiger partial charge on any atom is 0.500 e. The second kappa shape index (κ2) is 9.19. The van der Waals surface area contributed by atoms with E-state index >= 15 is 0 Å². The van der Waals surface area contributed by atoms with Crippen LogP contribution in [0.25, 0.3) is 0 Å². The summed E-state index contributed by atoms with van der Waals surface area (Å²) in [6, 6.07) is 0.826. The number of nitrogens with zero attached hydrogens (tertiary/aromatic N) is 2. The summed E-state index contributed by atoms with van der Waals surface area (Å²) in [7, 11) is -0.500. The van der Waals surface area contributed by atoms with Crippen LogP contribution in [0.5, 0.6) is 0 Å². The van der Waals surface area contributed by atoms with Gasteiger partial charge in [0.25, 0.3) is 0 Å². The highest BCUT2D eigenvalue weighted by molar-refractivity contribution is 6.60. The SMILES string of the molecule is CCO[Si](CCCNc1cnc(C)n1C)(OCC)OCC. The van der Waals surface area contributed by atoms with E-state index in [1.807, 2.05) is 45.5 Å². The quantitative estimate of drug-likeness (QED) is 0.502. The first-order chi connectivity index (χ1) is 10.1. The molecule has 6 nitrogen and oxygen atoms in total. The summed E-state index contributed by atoms with van der Waals surface area (Å²) in [6.07, 6.45) is 2.80. The highest BCUT2D eigenvalue weighted by atomic mass is 28.4. The van der Waals surface area contributed by atoms with Crippen LogP contribution in [-0.4, -0.2) is 44.7 Å². The number of aromatic nitrogens is 2.